The quantitative estimate of drug-likeness (QED) is 0.455. The predicted octanol–water partition coefficient (Wildman–Crippen LogP) is 4.14. The normalized spacial score (nSPS) is 12.7. The van der Waals surface area contributed by atoms with Gasteiger partial charge in [-0.2, -0.15) is 0 Å². The molecule has 1 atom stereocenters. The van der Waals surface area contributed by atoms with Crippen molar-refractivity contribution in [1.29, 1.82) is 0 Å². The van der Waals surface area contributed by atoms with Crippen molar-refractivity contribution in [3.8, 4) is 5.75 Å². The molecule has 0 saturated carbocycles. The molecular formula is C26H36N2O4. The summed E-state index contributed by atoms with van der Waals surface area (Å²) in [5.74, 6) is 2.19. The van der Waals surface area contributed by atoms with Gasteiger partial charge >= 0.3 is 0 Å². The largest absolute Gasteiger partial charge is 0.490 e. The summed E-state index contributed by atoms with van der Waals surface area (Å²) in [5.41, 5.74) is 11.4. The van der Waals surface area contributed by atoms with Gasteiger partial charge in [-0.25, -0.2) is 0 Å². The Morgan fingerprint density at radius 2 is 1.91 bits per heavy atom. The Balaban J connectivity index is 2.27. The number of aryl methyl sites for hydroxylation is 3. The first-order chi connectivity index (χ1) is 15.2. The van der Waals surface area contributed by atoms with Crippen LogP contribution in [0.2, 0.25) is 0 Å². The summed E-state index contributed by atoms with van der Waals surface area (Å²) in [4.78, 5) is 4.61. The van der Waals surface area contributed by atoms with Crippen LogP contribution in [0, 0.1) is 19.8 Å². The third-order valence-electron chi connectivity index (χ3n) is 4.98. The van der Waals surface area contributed by atoms with Gasteiger partial charge in [0.25, 0.3) is 0 Å². The topological polar surface area (TPSA) is 97.8 Å². The number of aromatic nitrogens is 1. The van der Waals surface area contributed by atoms with Gasteiger partial charge in [0.1, 0.15) is 30.0 Å². The zero-order valence-corrected chi connectivity index (χ0v) is 19.8. The second-order valence-electron chi connectivity index (χ2n) is 8.43. The van der Waals surface area contributed by atoms with Crippen LogP contribution >= 0.6 is 0 Å². The standard InChI is InChI=1S/C26H36N2O4/c1-7-20-11-21(9-17(4)26(20)31-15-24(30)14-29)19(6)32-25(13-27)22-10-18(5)28-23(12-22)8-16(2)3/h9-13,16,24,29-30H,6-8,14-15,27H2,1-5H3/b25-13-/t24-/m0/s1. The fourth-order valence-electron chi connectivity index (χ4n) is 3.49. The molecule has 0 fully saturated rings. The molecule has 174 valence electrons. The predicted molar refractivity (Wildman–Crippen MR) is 129 cm³/mol. The van der Waals surface area contributed by atoms with Crippen LogP contribution in [0.5, 0.6) is 5.75 Å². The number of benzene rings is 1. The third kappa shape index (κ3) is 6.84. The van der Waals surface area contributed by atoms with Gasteiger partial charge in [0.05, 0.1) is 6.61 Å². The molecule has 1 aromatic heterocycles. The maximum Gasteiger partial charge on any atom is 0.150 e. The first-order valence-corrected chi connectivity index (χ1v) is 11.0. The molecule has 0 bridgehead atoms. The summed E-state index contributed by atoms with van der Waals surface area (Å²) in [6.45, 7) is 14.0. The van der Waals surface area contributed by atoms with E-state index in [1.807, 2.05) is 45.0 Å². The van der Waals surface area contributed by atoms with Crippen molar-refractivity contribution in [2.45, 2.75) is 53.6 Å². The van der Waals surface area contributed by atoms with Gasteiger partial charge in [-0.3, -0.25) is 4.98 Å². The highest BCUT2D eigenvalue weighted by atomic mass is 16.5. The number of hydrogen-bond acceptors (Lipinski definition) is 6. The minimum Gasteiger partial charge on any atom is -0.490 e. The average Bonchev–Trinajstić information content (AvgIpc) is 2.74. The fraction of sp³-hybridized carbons (Fsp3) is 0.423. The van der Waals surface area contributed by atoms with Gasteiger partial charge in [-0.15, -0.1) is 0 Å². The van der Waals surface area contributed by atoms with E-state index in [4.69, 9.17) is 20.3 Å². The number of aliphatic hydroxyl groups excluding tert-OH is 2. The molecule has 0 spiro atoms. The van der Waals surface area contributed by atoms with Gasteiger partial charge in [0, 0.05) is 28.7 Å². The molecular weight excluding hydrogens is 404 g/mol. The van der Waals surface area contributed by atoms with Gasteiger partial charge in [0.15, 0.2) is 0 Å². The number of hydrogen-bond donors (Lipinski definition) is 3. The van der Waals surface area contributed by atoms with Crippen LogP contribution in [0.1, 0.15) is 54.4 Å². The van der Waals surface area contributed by atoms with Crippen molar-refractivity contribution >= 4 is 11.5 Å². The van der Waals surface area contributed by atoms with Crippen LogP contribution in [-0.2, 0) is 17.6 Å². The molecule has 0 aliphatic heterocycles. The smallest absolute Gasteiger partial charge is 0.150 e. The van der Waals surface area contributed by atoms with E-state index in [0.29, 0.717) is 23.2 Å². The van der Waals surface area contributed by atoms with Gasteiger partial charge in [-0.05, 0) is 68.0 Å². The first kappa shape index (κ1) is 25.4. The Morgan fingerprint density at radius 1 is 1.19 bits per heavy atom. The molecule has 2 rings (SSSR count). The fourth-order valence-corrected chi connectivity index (χ4v) is 3.49. The maximum absolute atomic E-state index is 9.61. The molecule has 6 nitrogen and oxygen atoms in total. The van der Waals surface area contributed by atoms with Crippen LogP contribution in [0.4, 0.5) is 0 Å². The average molecular weight is 441 g/mol. The van der Waals surface area contributed by atoms with E-state index < -0.39 is 6.10 Å². The Hall–Kier alpha value is -2.83. The zero-order chi connectivity index (χ0) is 23.8. The first-order valence-electron chi connectivity index (χ1n) is 11.0. The molecule has 0 amide bonds. The monoisotopic (exact) mass is 440 g/mol. The summed E-state index contributed by atoms with van der Waals surface area (Å²) in [6.07, 6.45) is 2.13. The maximum atomic E-state index is 9.61. The van der Waals surface area contributed by atoms with Crippen LogP contribution in [0.25, 0.3) is 11.5 Å². The van der Waals surface area contributed by atoms with E-state index in [9.17, 15) is 5.11 Å². The molecule has 1 aromatic carbocycles. The summed E-state index contributed by atoms with van der Waals surface area (Å²) >= 11 is 0. The molecule has 2 aromatic rings. The SMILES string of the molecule is C=C(O/C(=C\N)c1cc(C)nc(CC(C)C)c1)c1cc(C)c(OC[C@@H](O)CO)c(CC)c1. The zero-order valence-electron chi connectivity index (χ0n) is 19.8. The van der Waals surface area contributed by atoms with E-state index in [0.717, 1.165) is 46.5 Å². The number of nitrogens with two attached hydrogens (primary N) is 1. The van der Waals surface area contributed by atoms with E-state index in [1.54, 1.807) is 0 Å². The third-order valence-corrected chi connectivity index (χ3v) is 4.98. The molecule has 1 heterocycles. The van der Waals surface area contributed by atoms with Crippen LogP contribution in [0.3, 0.4) is 0 Å². The number of aliphatic hydroxyl groups is 2. The number of nitrogens with zero attached hydrogens (tertiary/aromatic N) is 1. The second kappa shape index (κ2) is 11.7. The van der Waals surface area contributed by atoms with E-state index in [1.165, 1.54) is 6.20 Å². The van der Waals surface area contributed by atoms with Crippen molar-refractivity contribution in [1.82, 2.24) is 4.98 Å². The lowest BCUT2D eigenvalue weighted by molar-refractivity contribution is 0.0531. The lowest BCUT2D eigenvalue weighted by Gasteiger charge is -2.19. The van der Waals surface area contributed by atoms with Crippen molar-refractivity contribution in [2.75, 3.05) is 13.2 Å². The molecule has 6 heteroatoms. The summed E-state index contributed by atoms with van der Waals surface area (Å²) in [6, 6.07) is 7.84. The molecule has 0 aliphatic rings. The van der Waals surface area contributed by atoms with Gasteiger partial charge in [-0.1, -0.05) is 27.4 Å². The lowest BCUT2D eigenvalue weighted by Crippen LogP contribution is -2.22. The van der Waals surface area contributed by atoms with Crippen molar-refractivity contribution in [3.05, 3.63) is 70.7 Å². The van der Waals surface area contributed by atoms with E-state index in [2.05, 4.69) is 25.4 Å². The van der Waals surface area contributed by atoms with E-state index >= 15 is 0 Å². The number of rotatable bonds is 11. The molecule has 4 N–H and O–H groups in total. The summed E-state index contributed by atoms with van der Waals surface area (Å²) in [5, 5.41) is 18.6. The van der Waals surface area contributed by atoms with Crippen LogP contribution < -0.4 is 10.5 Å². The number of pyridine rings is 1. The lowest BCUT2D eigenvalue weighted by atomic mass is 10.0. The molecule has 0 unspecified atom stereocenters. The second-order valence-corrected chi connectivity index (χ2v) is 8.43. The molecule has 0 radical (unpaired) electrons. The molecule has 0 saturated heterocycles. The summed E-state index contributed by atoms with van der Waals surface area (Å²) in [7, 11) is 0. The Kier molecular flexibility index (Phi) is 9.29. The van der Waals surface area contributed by atoms with Crippen LogP contribution in [0.15, 0.2) is 37.0 Å². The van der Waals surface area contributed by atoms with Crippen LogP contribution in [-0.4, -0.2) is 34.5 Å². The highest BCUT2D eigenvalue weighted by molar-refractivity contribution is 5.70. The molecule has 0 aliphatic carbocycles. The Bertz CT molecular complexity index is 967. The minimum absolute atomic E-state index is 0.0291. The Labute approximate surface area is 191 Å². The highest BCUT2D eigenvalue weighted by Gasteiger charge is 2.15. The minimum atomic E-state index is -0.918. The summed E-state index contributed by atoms with van der Waals surface area (Å²) < 4.78 is 11.9. The number of ether oxygens (including phenoxy) is 2. The van der Waals surface area contributed by atoms with Crippen molar-refractivity contribution < 1.29 is 19.7 Å². The highest BCUT2D eigenvalue weighted by Crippen LogP contribution is 2.31. The van der Waals surface area contributed by atoms with Crippen molar-refractivity contribution in [3.63, 3.8) is 0 Å². The van der Waals surface area contributed by atoms with Crippen molar-refractivity contribution in [2.24, 2.45) is 11.7 Å². The molecule has 32 heavy (non-hydrogen) atoms. The Morgan fingerprint density at radius 3 is 2.50 bits per heavy atom. The van der Waals surface area contributed by atoms with E-state index in [-0.39, 0.29) is 13.2 Å². The van der Waals surface area contributed by atoms with Gasteiger partial charge < -0.3 is 25.4 Å². The van der Waals surface area contributed by atoms with Gasteiger partial charge in [0.2, 0.25) is 0 Å².